The van der Waals surface area contributed by atoms with Gasteiger partial charge < -0.3 is 15.8 Å². The van der Waals surface area contributed by atoms with Crippen molar-refractivity contribution in [2.24, 2.45) is 5.92 Å². The topological polar surface area (TPSA) is 103 Å². The summed E-state index contributed by atoms with van der Waals surface area (Å²) in [7, 11) is 1.57. The summed E-state index contributed by atoms with van der Waals surface area (Å²) < 4.78 is 18.3. The van der Waals surface area contributed by atoms with Gasteiger partial charge >= 0.3 is 0 Å². The van der Waals surface area contributed by atoms with Crippen LogP contribution in [0, 0.1) is 5.92 Å². The van der Waals surface area contributed by atoms with Crippen LogP contribution in [0.1, 0.15) is 18.9 Å². The number of nitrogens with one attached hydrogen (secondary N) is 1. The Bertz CT molecular complexity index is 1070. The van der Waals surface area contributed by atoms with E-state index in [1.54, 1.807) is 25.6 Å². The molecule has 3 aromatic rings. The zero-order valence-corrected chi connectivity index (χ0v) is 15.6. The number of nitrogens with zero attached hydrogens (tertiary/aromatic N) is 3. The highest BCUT2D eigenvalue weighted by atomic mass is 19.1. The van der Waals surface area contributed by atoms with Gasteiger partial charge in [-0.2, -0.15) is 0 Å². The Morgan fingerprint density at radius 3 is 2.79 bits per heavy atom. The van der Waals surface area contributed by atoms with E-state index in [9.17, 15) is 9.18 Å². The Labute approximate surface area is 161 Å². The lowest BCUT2D eigenvalue weighted by Crippen LogP contribution is -2.15. The summed E-state index contributed by atoms with van der Waals surface area (Å²) in [6.07, 6.45) is 3.26. The molecular weight excluding hydrogens is 361 g/mol. The summed E-state index contributed by atoms with van der Waals surface area (Å²) in [5.41, 5.74) is 8.70. The molecule has 0 aliphatic heterocycles. The fourth-order valence-corrected chi connectivity index (χ4v) is 3.14. The third kappa shape index (κ3) is 3.33. The van der Waals surface area contributed by atoms with Crippen LogP contribution < -0.4 is 15.8 Å². The van der Waals surface area contributed by atoms with Crippen LogP contribution >= 0.6 is 0 Å². The smallest absolute Gasteiger partial charge is 0.231 e. The first-order valence-electron chi connectivity index (χ1n) is 9.04. The minimum atomic E-state index is -1.05. The lowest BCUT2D eigenvalue weighted by molar-refractivity contribution is -0.117. The van der Waals surface area contributed by atoms with Crippen molar-refractivity contribution >= 4 is 28.3 Å². The van der Waals surface area contributed by atoms with Gasteiger partial charge in [-0.05, 0) is 35.9 Å². The van der Waals surface area contributed by atoms with Gasteiger partial charge in [0, 0.05) is 29.4 Å². The normalized spacial score (nSPS) is 18.1. The van der Waals surface area contributed by atoms with Crippen LogP contribution in [0.5, 0.6) is 5.88 Å². The number of amides is 1. The first-order chi connectivity index (χ1) is 13.5. The summed E-state index contributed by atoms with van der Waals surface area (Å²) >= 11 is 0. The molecule has 3 heterocycles. The van der Waals surface area contributed by atoms with Gasteiger partial charge in [0.15, 0.2) is 0 Å². The Hall–Kier alpha value is -3.29. The van der Waals surface area contributed by atoms with Crippen LogP contribution in [-0.2, 0) is 11.2 Å². The molecule has 0 spiro atoms. The van der Waals surface area contributed by atoms with Crippen LogP contribution in [0.2, 0.25) is 0 Å². The molecule has 1 aliphatic rings. The highest BCUT2D eigenvalue weighted by Gasteiger charge is 2.43. The number of hydrogen-bond acceptors (Lipinski definition) is 6. The van der Waals surface area contributed by atoms with E-state index in [0.29, 0.717) is 28.6 Å². The predicted molar refractivity (Wildman–Crippen MR) is 105 cm³/mol. The molecule has 0 unspecified atom stereocenters. The minimum absolute atomic E-state index is 0.269. The number of methoxy groups -OCH3 is 1. The van der Waals surface area contributed by atoms with Crippen molar-refractivity contribution in [3.8, 4) is 17.1 Å². The summed E-state index contributed by atoms with van der Waals surface area (Å²) in [6, 6.07) is 5.46. The summed E-state index contributed by atoms with van der Waals surface area (Å²) in [6.45, 7) is 2.04. The highest BCUT2D eigenvalue weighted by Crippen LogP contribution is 2.35. The number of anilines is 2. The van der Waals surface area contributed by atoms with Gasteiger partial charge in [0.25, 0.3) is 0 Å². The summed E-state index contributed by atoms with van der Waals surface area (Å²) in [4.78, 5) is 24.9. The average molecular weight is 381 g/mol. The summed E-state index contributed by atoms with van der Waals surface area (Å²) in [5, 5.41) is 4.12. The van der Waals surface area contributed by atoms with E-state index in [1.165, 1.54) is 0 Å². The maximum Gasteiger partial charge on any atom is 0.231 e. The summed E-state index contributed by atoms with van der Waals surface area (Å²) in [5.74, 6) is 0.301. The number of aryl methyl sites for hydroxylation is 1. The number of carbonyl (C=O) groups excluding carboxylic acids is 1. The van der Waals surface area contributed by atoms with E-state index in [0.717, 1.165) is 22.9 Å². The molecule has 7 nitrogen and oxygen atoms in total. The van der Waals surface area contributed by atoms with Crippen molar-refractivity contribution in [1.29, 1.82) is 0 Å². The van der Waals surface area contributed by atoms with Crippen molar-refractivity contribution in [3.63, 3.8) is 0 Å². The molecule has 1 saturated carbocycles. The van der Waals surface area contributed by atoms with Crippen molar-refractivity contribution in [2.75, 3.05) is 18.2 Å². The van der Waals surface area contributed by atoms with Crippen molar-refractivity contribution < 1.29 is 13.9 Å². The Morgan fingerprint density at radius 1 is 1.32 bits per heavy atom. The van der Waals surface area contributed by atoms with Gasteiger partial charge in [0.2, 0.25) is 11.8 Å². The number of pyridine rings is 3. The quantitative estimate of drug-likeness (QED) is 0.704. The van der Waals surface area contributed by atoms with Crippen LogP contribution in [-0.4, -0.2) is 34.1 Å². The third-order valence-electron chi connectivity index (χ3n) is 4.88. The SMILES string of the molecule is CCc1cc(OC)ncc1-c1cc2cc(NC(=O)[C@H]3C[C@H]3F)ncc2c(N)n1. The molecule has 0 saturated heterocycles. The number of hydrogen-bond donors (Lipinski definition) is 2. The van der Waals surface area contributed by atoms with E-state index >= 15 is 0 Å². The van der Waals surface area contributed by atoms with Crippen LogP contribution in [0.15, 0.2) is 30.6 Å². The molecule has 0 radical (unpaired) electrons. The van der Waals surface area contributed by atoms with E-state index in [4.69, 9.17) is 10.5 Å². The predicted octanol–water partition coefficient (Wildman–Crippen LogP) is 3.14. The average Bonchev–Trinajstić information content (AvgIpc) is 3.44. The lowest BCUT2D eigenvalue weighted by Gasteiger charge is -2.12. The van der Waals surface area contributed by atoms with Gasteiger partial charge in [-0.15, -0.1) is 0 Å². The molecule has 3 aromatic heterocycles. The number of rotatable bonds is 5. The number of aromatic nitrogens is 3. The zero-order valence-electron chi connectivity index (χ0n) is 15.6. The molecule has 8 heteroatoms. The van der Waals surface area contributed by atoms with Crippen molar-refractivity contribution in [1.82, 2.24) is 15.0 Å². The van der Waals surface area contributed by atoms with E-state index in [-0.39, 0.29) is 12.3 Å². The number of carbonyl (C=O) groups is 1. The second-order valence-electron chi connectivity index (χ2n) is 6.77. The van der Waals surface area contributed by atoms with Crippen LogP contribution in [0.4, 0.5) is 16.0 Å². The van der Waals surface area contributed by atoms with Gasteiger partial charge in [0.05, 0.1) is 18.7 Å². The van der Waals surface area contributed by atoms with Gasteiger partial charge in [-0.3, -0.25) is 4.79 Å². The number of halogens is 1. The molecule has 28 heavy (non-hydrogen) atoms. The number of nitrogens with two attached hydrogens (primary N) is 1. The highest BCUT2D eigenvalue weighted by molar-refractivity contribution is 5.98. The fraction of sp³-hybridized carbons (Fsp3) is 0.300. The van der Waals surface area contributed by atoms with Gasteiger partial charge in [-0.1, -0.05) is 6.92 Å². The second kappa shape index (κ2) is 7.03. The van der Waals surface area contributed by atoms with Gasteiger partial charge in [0.1, 0.15) is 17.8 Å². The van der Waals surface area contributed by atoms with Crippen LogP contribution in [0.25, 0.3) is 22.0 Å². The molecular formula is C20H20FN5O2. The largest absolute Gasteiger partial charge is 0.481 e. The monoisotopic (exact) mass is 381 g/mol. The fourth-order valence-electron chi connectivity index (χ4n) is 3.14. The molecule has 2 atom stereocenters. The molecule has 4 rings (SSSR count). The first kappa shape index (κ1) is 18.1. The number of alkyl halides is 1. The second-order valence-corrected chi connectivity index (χ2v) is 6.77. The minimum Gasteiger partial charge on any atom is -0.481 e. The van der Waals surface area contributed by atoms with Crippen LogP contribution in [0.3, 0.4) is 0 Å². The molecule has 1 aliphatic carbocycles. The Morgan fingerprint density at radius 2 is 2.11 bits per heavy atom. The van der Waals surface area contributed by atoms with E-state index in [1.807, 2.05) is 19.1 Å². The Balaban J connectivity index is 1.73. The van der Waals surface area contributed by atoms with Gasteiger partial charge in [-0.25, -0.2) is 19.3 Å². The van der Waals surface area contributed by atoms with Crippen molar-refractivity contribution in [3.05, 3.63) is 36.2 Å². The molecule has 1 amide bonds. The van der Waals surface area contributed by atoms with E-state index < -0.39 is 12.1 Å². The molecule has 1 fully saturated rings. The maximum atomic E-state index is 13.1. The number of fused-ring (bicyclic) bond motifs is 1. The number of nitrogen functional groups attached to an aromatic ring is 1. The molecule has 0 aromatic carbocycles. The van der Waals surface area contributed by atoms with Crippen molar-refractivity contribution in [2.45, 2.75) is 25.9 Å². The lowest BCUT2D eigenvalue weighted by atomic mass is 10.0. The van der Waals surface area contributed by atoms with E-state index in [2.05, 4.69) is 20.3 Å². The zero-order chi connectivity index (χ0) is 19.8. The molecule has 0 bridgehead atoms. The first-order valence-corrected chi connectivity index (χ1v) is 9.04. The Kier molecular flexibility index (Phi) is 4.54. The molecule has 144 valence electrons. The molecule has 3 N–H and O–H groups in total. The third-order valence-corrected chi connectivity index (χ3v) is 4.88. The number of ether oxygens (including phenoxy) is 1. The standard InChI is InChI=1S/C20H20FN5O2/c1-3-10-6-18(28-2)24-8-13(10)16-4-11-5-17(23-9-14(11)19(22)25-16)26-20(27)12-7-15(12)21/h4-6,8-9,12,15H,3,7H2,1-2H3,(H2,22,25)(H,23,26,27)/t12-,15+/m0/s1. The maximum absolute atomic E-state index is 13.1.